The number of fused-ring (bicyclic) bond motifs is 1. The van der Waals surface area contributed by atoms with E-state index in [0.717, 1.165) is 23.5 Å². The van der Waals surface area contributed by atoms with Gasteiger partial charge in [-0.1, -0.05) is 25.4 Å². The molecule has 0 radical (unpaired) electrons. The molecule has 0 spiro atoms. The van der Waals surface area contributed by atoms with Crippen LogP contribution in [-0.2, 0) is 6.42 Å². The van der Waals surface area contributed by atoms with Gasteiger partial charge in [0.05, 0.1) is 13.2 Å². The molecule has 17 heavy (non-hydrogen) atoms. The molecule has 1 aromatic rings. The standard InChI is InChI=1S/C13H18ClNO2/c1-13(2)7-16-11-5-9(3-4-15)10(14)6-12(11)17-8-13/h5-6H,3-4,7-8,15H2,1-2H3. The summed E-state index contributed by atoms with van der Waals surface area (Å²) in [4.78, 5) is 0. The van der Waals surface area contributed by atoms with E-state index < -0.39 is 0 Å². The molecule has 1 aliphatic rings. The monoisotopic (exact) mass is 255 g/mol. The quantitative estimate of drug-likeness (QED) is 0.884. The van der Waals surface area contributed by atoms with Gasteiger partial charge in [-0.15, -0.1) is 0 Å². The Bertz CT molecular complexity index is 418. The highest BCUT2D eigenvalue weighted by atomic mass is 35.5. The highest BCUT2D eigenvalue weighted by Gasteiger charge is 2.25. The van der Waals surface area contributed by atoms with Gasteiger partial charge in [-0.05, 0) is 24.6 Å². The van der Waals surface area contributed by atoms with Crippen molar-refractivity contribution in [2.45, 2.75) is 20.3 Å². The second kappa shape index (κ2) is 4.75. The van der Waals surface area contributed by atoms with Gasteiger partial charge >= 0.3 is 0 Å². The molecule has 1 aliphatic heterocycles. The zero-order valence-electron chi connectivity index (χ0n) is 10.3. The zero-order valence-corrected chi connectivity index (χ0v) is 11.0. The van der Waals surface area contributed by atoms with Crippen LogP contribution in [0.5, 0.6) is 11.5 Å². The molecule has 0 fully saturated rings. The number of nitrogens with two attached hydrogens (primary N) is 1. The van der Waals surface area contributed by atoms with Gasteiger partial charge in [0.1, 0.15) is 0 Å². The molecule has 3 nitrogen and oxygen atoms in total. The van der Waals surface area contributed by atoms with E-state index in [1.165, 1.54) is 0 Å². The van der Waals surface area contributed by atoms with Crippen LogP contribution in [0.4, 0.5) is 0 Å². The van der Waals surface area contributed by atoms with E-state index in [1.54, 1.807) is 0 Å². The van der Waals surface area contributed by atoms with Crippen LogP contribution in [0.15, 0.2) is 12.1 Å². The summed E-state index contributed by atoms with van der Waals surface area (Å²) < 4.78 is 11.5. The summed E-state index contributed by atoms with van der Waals surface area (Å²) in [5.74, 6) is 1.49. The smallest absolute Gasteiger partial charge is 0.162 e. The first-order chi connectivity index (χ1) is 8.02. The molecule has 2 N–H and O–H groups in total. The molecule has 0 unspecified atom stereocenters. The average Bonchev–Trinajstić information content (AvgIpc) is 2.40. The van der Waals surface area contributed by atoms with E-state index in [0.29, 0.717) is 24.8 Å². The number of rotatable bonds is 2. The summed E-state index contributed by atoms with van der Waals surface area (Å²) in [5.41, 5.74) is 6.57. The van der Waals surface area contributed by atoms with Crippen molar-refractivity contribution in [2.24, 2.45) is 11.1 Å². The lowest BCUT2D eigenvalue weighted by molar-refractivity contribution is 0.140. The molecule has 2 rings (SSSR count). The van der Waals surface area contributed by atoms with Crippen molar-refractivity contribution >= 4 is 11.6 Å². The Kier molecular flexibility index (Phi) is 3.50. The summed E-state index contributed by atoms with van der Waals surface area (Å²) in [5, 5.41) is 0.692. The van der Waals surface area contributed by atoms with Crippen molar-refractivity contribution in [3.8, 4) is 11.5 Å². The largest absolute Gasteiger partial charge is 0.489 e. The van der Waals surface area contributed by atoms with Crippen molar-refractivity contribution in [3.63, 3.8) is 0 Å². The van der Waals surface area contributed by atoms with Gasteiger partial charge < -0.3 is 15.2 Å². The molecular formula is C13H18ClNO2. The van der Waals surface area contributed by atoms with Crippen LogP contribution in [0.25, 0.3) is 0 Å². The molecule has 1 heterocycles. The van der Waals surface area contributed by atoms with E-state index >= 15 is 0 Å². The minimum absolute atomic E-state index is 0.0134. The first-order valence-electron chi connectivity index (χ1n) is 5.80. The van der Waals surface area contributed by atoms with Crippen LogP contribution in [-0.4, -0.2) is 19.8 Å². The fourth-order valence-electron chi connectivity index (χ4n) is 1.74. The van der Waals surface area contributed by atoms with Crippen molar-refractivity contribution in [1.29, 1.82) is 0 Å². The second-order valence-corrected chi connectivity index (χ2v) is 5.58. The van der Waals surface area contributed by atoms with Gasteiger partial charge in [0, 0.05) is 16.5 Å². The van der Waals surface area contributed by atoms with Crippen LogP contribution in [0.3, 0.4) is 0 Å². The van der Waals surface area contributed by atoms with E-state index in [4.69, 9.17) is 26.8 Å². The lowest BCUT2D eigenvalue weighted by Gasteiger charge is -2.19. The molecule has 0 bridgehead atoms. The first-order valence-corrected chi connectivity index (χ1v) is 6.18. The van der Waals surface area contributed by atoms with Gasteiger partial charge in [-0.25, -0.2) is 0 Å². The molecular weight excluding hydrogens is 238 g/mol. The number of halogens is 1. The first kappa shape index (κ1) is 12.5. The summed E-state index contributed by atoms with van der Waals surface area (Å²) in [6.07, 6.45) is 0.749. The molecule has 0 saturated heterocycles. The summed E-state index contributed by atoms with van der Waals surface area (Å²) in [7, 11) is 0. The minimum atomic E-state index is 0.0134. The van der Waals surface area contributed by atoms with Crippen LogP contribution < -0.4 is 15.2 Å². The molecule has 0 aromatic heterocycles. The van der Waals surface area contributed by atoms with Crippen LogP contribution in [0.1, 0.15) is 19.4 Å². The SMILES string of the molecule is CC1(C)COc2cc(Cl)c(CCN)cc2OC1. The fourth-order valence-corrected chi connectivity index (χ4v) is 1.99. The Balaban J connectivity index is 2.31. The van der Waals surface area contributed by atoms with Crippen molar-refractivity contribution < 1.29 is 9.47 Å². The highest BCUT2D eigenvalue weighted by Crippen LogP contribution is 2.37. The number of hydrogen-bond donors (Lipinski definition) is 1. The molecule has 1 aromatic carbocycles. The van der Waals surface area contributed by atoms with Crippen molar-refractivity contribution in [3.05, 3.63) is 22.7 Å². The van der Waals surface area contributed by atoms with E-state index in [9.17, 15) is 0 Å². The number of ether oxygens (including phenoxy) is 2. The van der Waals surface area contributed by atoms with Gasteiger partial charge in [-0.3, -0.25) is 0 Å². The Labute approximate surface area is 107 Å². The van der Waals surface area contributed by atoms with Crippen LogP contribution >= 0.6 is 11.6 Å². The topological polar surface area (TPSA) is 44.5 Å². The Morgan fingerprint density at radius 3 is 2.41 bits per heavy atom. The van der Waals surface area contributed by atoms with Gasteiger partial charge in [0.25, 0.3) is 0 Å². The van der Waals surface area contributed by atoms with Gasteiger partial charge in [-0.2, -0.15) is 0 Å². The van der Waals surface area contributed by atoms with E-state index in [2.05, 4.69) is 13.8 Å². The lowest BCUT2D eigenvalue weighted by atomic mass is 9.97. The molecule has 0 saturated carbocycles. The Morgan fingerprint density at radius 1 is 1.24 bits per heavy atom. The third-order valence-corrected chi connectivity index (χ3v) is 3.12. The normalized spacial score (nSPS) is 17.6. The molecule has 4 heteroatoms. The predicted octanol–water partition coefficient (Wildman–Crippen LogP) is 2.64. The minimum Gasteiger partial charge on any atom is -0.489 e. The summed E-state index contributed by atoms with van der Waals surface area (Å²) >= 11 is 6.17. The summed E-state index contributed by atoms with van der Waals surface area (Å²) in [6, 6.07) is 3.76. The van der Waals surface area contributed by atoms with E-state index in [-0.39, 0.29) is 5.41 Å². The molecule has 0 aliphatic carbocycles. The zero-order chi connectivity index (χ0) is 12.5. The maximum atomic E-state index is 6.17. The third kappa shape index (κ3) is 2.85. The Morgan fingerprint density at radius 2 is 1.82 bits per heavy atom. The second-order valence-electron chi connectivity index (χ2n) is 5.17. The maximum absolute atomic E-state index is 6.17. The van der Waals surface area contributed by atoms with Crippen LogP contribution in [0, 0.1) is 5.41 Å². The lowest BCUT2D eigenvalue weighted by Crippen LogP contribution is -2.26. The fraction of sp³-hybridized carbons (Fsp3) is 0.538. The van der Waals surface area contributed by atoms with Gasteiger partial charge in [0.2, 0.25) is 0 Å². The van der Waals surface area contributed by atoms with Crippen LogP contribution in [0.2, 0.25) is 5.02 Å². The number of benzene rings is 1. The van der Waals surface area contributed by atoms with E-state index in [1.807, 2.05) is 12.1 Å². The number of hydrogen-bond acceptors (Lipinski definition) is 3. The van der Waals surface area contributed by atoms with Gasteiger partial charge in [0.15, 0.2) is 11.5 Å². The molecule has 0 amide bonds. The predicted molar refractivity (Wildman–Crippen MR) is 69.0 cm³/mol. The molecule has 0 atom stereocenters. The van der Waals surface area contributed by atoms with Crippen molar-refractivity contribution in [1.82, 2.24) is 0 Å². The third-order valence-electron chi connectivity index (χ3n) is 2.76. The molecule has 94 valence electrons. The average molecular weight is 256 g/mol. The Hall–Kier alpha value is -0.930. The maximum Gasteiger partial charge on any atom is 0.162 e. The summed E-state index contributed by atoms with van der Waals surface area (Å²) in [6.45, 7) is 6.07. The highest BCUT2D eigenvalue weighted by molar-refractivity contribution is 6.31. The van der Waals surface area contributed by atoms with Crippen molar-refractivity contribution in [2.75, 3.05) is 19.8 Å².